The lowest BCUT2D eigenvalue weighted by Gasteiger charge is -2.22. The van der Waals surface area contributed by atoms with Gasteiger partial charge in [0.1, 0.15) is 0 Å². The van der Waals surface area contributed by atoms with E-state index in [0.29, 0.717) is 0 Å². The standard InChI is InChI=1S/C17H23N3/c1-5-15(18)16-8-7-14(11-19-16)20(4)17-9-6-12(2)10-13(17)3/h6-11,15H,5,18H2,1-4H3. The maximum Gasteiger partial charge on any atom is 0.0594 e. The minimum atomic E-state index is 0.0236. The molecule has 0 amide bonds. The van der Waals surface area contributed by atoms with E-state index in [0.717, 1.165) is 17.8 Å². The second kappa shape index (κ2) is 6.06. The van der Waals surface area contributed by atoms with Crippen molar-refractivity contribution in [3.05, 3.63) is 53.3 Å². The average Bonchev–Trinajstić information content (AvgIpc) is 2.46. The van der Waals surface area contributed by atoms with Crippen LogP contribution in [0.25, 0.3) is 0 Å². The predicted molar refractivity (Wildman–Crippen MR) is 85.4 cm³/mol. The third-order valence-electron chi connectivity index (χ3n) is 3.69. The summed E-state index contributed by atoms with van der Waals surface area (Å²) < 4.78 is 0. The predicted octanol–water partition coefficient (Wildman–Crippen LogP) is 3.88. The van der Waals surface area contributed by atoms with Crippen molar-refractivity contribution >= 4 is 11.4 Å². The fourth-order valence-corrected chi connectivity index (χ4v) is 2.35. The molecule has 2 aromatic rings. The van der Waals surface area contributed by atoms with Gasteiger partial charge in [0.05, 0.1) is 17.6 Å². The fraction of sp³-hybridized carbons (Fsp3) is 0.353. The van der Waals surface area contributed by atoms with E-state index in [-0.39, 0.29) is 6.04 Å². The molecule has 2 N–H and O–H groups in total. The molecule has 0 saturated heterocycles. The Labute approximate surface area is 121 Å². The van der Waals surface area contributed by atoms with Crippen LogP contribution < -0.4 is 10.6 Å². The molecule has 1 atom stereocenters. The number of aromatic nitrogens is 1. The Balaban J connectivity index is 2.26. The fourth-order valence-electron chi connectivity index (χ4n) is 2.35. The summed E-state index contributed by atoms with van der Waals surface area (Å²) in [5.74, 6) is 0. The van der Waals surface area contributed by atoms with Crippen molar-refractivity contribution in [2.75, 3.05) is 11.9 Å². The molecule has 0 aliphatic carbocycles. The number of hydrogen-bond donors (Lipinski definition) is 1. The molecule has 3 nitrogen and oxygen atoms in total. The molecule has 0 bridgehead atoms. The zero-order valence-electron chi connectivity index (χ0n) is 12.7. The Kier molecular flexibility index (Phi) is 4.40. The smallest absolute Gasteiger partial charge is 0.0594 e. The third kappa shape index (κ3) is 2.99. The van der Waals surface area contributed by atoms with Gasteiger partial charge in [-0.15, -0.1) is 0 Å². The van der Waals surface area contributed by atoms with Crippen LogP contribution in [-0.4, -0.2) is 12.0 Å². The summed E-state index contributed by atoms with van der Waals surface area (Å²) in [6.07, 6.45) is 2.80. The van der Waals surface area contributed by atoms with E-state index in [1.807, 2.05) is 12.3 Å². The molecule has 1 aromatic heterocycles. The van der Waals surface area contributed by atoms with E-state index < -0.39 is 0 Å². The highest BCUT2D eigenvalue weighted by molar-refractivity contribution is 5.65. The zero-order chi connectivity index (χ0) is 14.7. The van der Waals surface area contributed by atoms with Crippen LogP contribution >= 0.6 is 0 Å². The first-order valence-corrected chi connectivity index (χ1v) is 7.05. The van der Waals surface area contributed by atoms with Crippen molar-refractivity contribution in [2.24, 2.45) is 5.73 Å². The minimum Gasteiger partial charge on any atom is -0.343 e. The lowest BCUT2D eigenvalue weighted by molar-refractivity contribution is 0.675. The van der Waals surface area contributed by atoms with E-state index in [2.05, 4.69) is 62.0 Å². The van der Waals surface area contributed by atoms with Crippen LogP contribution in [0, 0.1) is 13.8 Å². The van der Waals surface area contributed by atoms with E-state index in [1.54, 1.807) is 0 Å². The summed E-state index contributed by atoms with van der Waals surface area (Å²) in [6, 6.07) is 10.6. The largest absolute Gasteiger partial charge is 0.343 e. The monoisotopic (exact) mass is 269 g/mol. The zero-order valence-corrected chi connectivity index (χ0v) is 12.7. The van der Waals surface area contributed by atoms with Crippen molar-refractivity contribution < 1.29 is 0 Å². The molecule has 1 heterocycles. The second-order valence-corrected chi connectivity index (χ2v) is 5.30. The average molecular weight is 269 g/mol. The number of aryl methyl sites for hydroxylation is 2. The van der Waals surface area contributed by atoms with Gasteiger partial charge in [-0.05, 0) is 44.0 Å². The molecule has 3 heteroatoms. The topological polar surface area (TPSA) is 42.1 Å². The number of nitrogens with zero attached hydrogens (tertiary/aromatic N) is 2. The van der Waals surface area contributed by atoms with E-state index in [4.69, 9.17) is 5.73 Å². The molecule has 0 saturated carbocycles. The van der Waals surface area contributed by atoms with Gasteiger partial charge in [-0.25, -0.2) is 0 Å². The Morgan fingerprint density at radius 3 is 2.50 bits per heavy atom. The second-order valence-electron chi connectivity index (χ2n) is 5.30. The first-order chi connectivity index (χ1) is 9.52. The SMILES string of the molecule is CCC(N)c1ccc(N(C)c2ccc(C)cc2C)cn1. The number of anilines is 2. The van der Waals surface area contributed by atoms with Gasteiger partial charge < -0.3 is 10.6 Å². The molecule has 0 aliphatic rings. The van der Waals surface area contributed by atoms with Gasteiger partial charge in [0, 0.05) is 18.8 Å². The first-order valence-electron chi connectivity index (χ1n) is 7.05. The molecule has 0 aliphatic heterocycles. The Morgan fingerprint density at radius 1 is 1.20 bits per heavy atom. The number of nitrogens with two attached hydrogens (primary N) is 1. The van der Waals surface area contributed by atoms with E-state index >= 15 is 0 Å². The van der Waals surface area contributed by atoms with Crippen LogP contribution in [0.15, 0.2) is 36.5 Å². The summed E-state index contributed by atoms with van der Waals surface area (Å²) >= 11 is 0. The molecule has 2 rings (SSSR count). The summed E-state index contributed by atoms with van der Waals surface area (Å²) in [4.78, 5) is 6.63. The molecule has 0 spiro atoms. The molecule has 1 unspecified atom stereocenters. The van der Waals surface area contributed by atoms with Gasteiger partial charge >= 0.3 is 0 Å². The van der Waals surface area contributed by atoms with Crippen LogP contribution in [-0.2, 0) is 0 Å². The number of pyridine rings is 1. The van der Waals surface area contributed by atoms with E-state index in [1.165, 1.54) is 16.8 Å². The van der Waals surface area contributed by atoms with Gasteiger partial charge in [0.25, 0.3) is 0 Å². The van der Waals surface area contributed by atoms with Crippen molar-refractivity contribution in [1.29, 1.82) is 0 Å². The van der Waals surface area contributed by atoms with Crippen molar-refractivity contribution in [3.8, 4) is 0 Å². The Morgan fingerprint density at radius 2 is 1.95 bits per heavy atom. The van der Waals surface area contributed by atoms with Crippen LogP contribution in [0.4, 0.5) is 11.4 Å². The molecule has 106 valence electrons. The quantitative estimate of drug-likeness (QED) is 0.916. The number of rotatable bonds is 4. The molecular formula is C17H23N3. The Hall–Kier alpha value is -1.87. The van der Waals surface area contributed by atoms with Gasteiger partial charge in [0.15, 0.2) is 0 Å². The highest BCUT2D eigenvalue weighted by Crippen LogP contribution is 2.27. The lowest BCUT2D eigenvalue weighted by atomic mass is 10.1. The van der Waals surface area contributed by atoms with Gasteiger partial charge in [-0.1, -0.05) is 24.6 Å². The summed E-state index contributed by atoms with van der Waals surface area (Å²) in [7, 11) is 2.06. The lowest BCUT2D eigenvalue weighted by Crippen LogP contribution is -2.14. The minimum absolute atomic E-state index is 0.0236. The van der Waals surface area contributed by atoms with Crippen LogP contribution in [0.1, 0.15) is 36.2 Å². The molecule has 0 fully saturated rings. The van der Waals surface area contributed by atoms with E-state index in [9.17, 15) is 0 Å². The number of benzene rings is 1. The molecule has 20 heavy (non-hydrogen) atoms. The summed E-state index contributed by atoms with van der Waals surface area (Å²) in [5.41, 5.74) is 11.8. The highest BCUT2D eigenvalue weighted by Gasteiger charge is 2.09. The van der Waals surface area contributed by atoms with Crippen molar-refractivity contribution in [2.45, 2.75) is 33.2 Å². The van der Waals surface area contributed by atoms with Crippen molar-refractivity contribution in [1.82, 2.24) is 4.98 Å². The first kappa shape index (κ1) is 14.5. The maximum absolute atomic E-state index is 6.00. The van der Waals surface area contributed by atoms with Gasteiger partial charge in [0.2, 0.25) is 0 Å². The van der Waals surface area contributed by atoms with Crippen LogP contribution in [0.3, 0.4) is 0 Å². The van der Waals surface area contributed by atoms with Crippen LogP contribution in [0.2, 0.25) is 0 Å². The molecule has 1 aromatic carbocycles. The van der Waals surface area contributed by atoms with Gasteiger partial charge in [-0.2, -0.15) is 0 Å². The molecule has 0 radical (unpaired) electrons. The number of hydrogen-bond acceptors (Lipinski definition) is 3. The highest BCUT2D eigenvalue weighted by atomic mass is 15.1. The van der Waals surface area contributed by atoms with Gasteiger partial charge in [-0.3, -0.25) is 4.98 Å². The maximum atomic E-state index is 6.00. The summed E-state index contributed by atoms with van der Waals surface area (Å²) in [6.45, 7) is 6.31. The summed E-state index contributed by atoms with van der Waals surface area (Å²) in [5, 5.41) is 0. The van der Waals surface area contributed by atoms with Crippen LogP contribution in [0.5, 0.6) is 0 Å². The normalized spacial score (nSPS) is 12.2. The van der Waals surface area contributed by atoms with Crippen molar-refractivity contribution in [3.63, 3.8) is 0 Å². The molecular weight excluding hydrogens is 246 g/mol. The Bertz CT molecular complexity index is 575. The third-order valence-corrected chi connectivity index (χ3v) is 3.69.